The van der Waals surface area contributed by atoms with Crippen molar-refractivity contribution in [2.45, 2.75) is 34.1 Å². The van der Waals surface area contributed by atoms with Crippen LogP contribution < -0.4 is 0 Å². The van der Waals surface area contributed by atoms with E-state index in [2.05, 4.69) is 32.7 Å². The Balaban J connectivity index is 2.09. The van der Waals surface area contributed by atoms with E-state index >= 15 is 0 Å². The highest BCUT2D eigenvalue weighted by molar-refractivity contribution is 5.78. The third-order valence-electron chi connectivity index (χ3n) is 3.27. The van der Waals surface area contributed by atoms with E-state index in [1.54, 1.807) is 0 Å². The van der Waals surface area contributed by atoms with Crippen molar-refractivity contribution >= 4 is 11.6 Å². The van der Waals surface area contributed by atoms with Gasteiger partial charge in [-0.2, -0.15) is 0 Å². The predicted octanol–water partition coefficient (Wildman–Crippen LogP) is 3.02. The minimum Gasteiger partial charge on any atom is -0.342 e. The van der Waals surface area contributed by atoms with E-state index in [0.29, 0.717) is 18.3 Å². The van der Waals surface area contributed by atoms with Crippen LogP contribution in [0.2, 0.25) is 0 Å². The highest BCUT2D eigenvalue weighted by Gasteiger charge is 2.17. The Morgan fingerprint density at radius 2 is 1.86 bits per heavy atom. The molecule has 0 saturated carbocycles. The number of pyridine rings is 1. The molecule has 0 fully saturated rings. The van der Waals surface area contributed by atoms with Crippen LogP contribution in [0.3, 0.4) is 0 Å². The Labute approximate surface area is 126 Å². The number of fused-ring (bicyclic) bond motifs is 1. The van der Waals surface area contributed by atoms with Crippen molar-refractivity contribution in [1.82, 2.24) is 14.3 Å². The second-order valence-corrected chi connectivity index (χ2v) is 6.46. The van der Waals surface area contributed by atoms with Gasteiger partial charge in [-0.1, -0.05) is 33.8 Å². The third kappa shape index (κ3) is 4.31. The minimum atomic E-state index is 0.167. The first kappa shape index (κ1) is 15.5. The number of carbonyl (C=O) groups excluding carboxylic acids is 1. The molecule has 2 aromatic heterocycles. The van der Waals surface area contributed by atoms with Gasteiger partial charge in [0.05, 0.1) is 12.1 Å². The molecule has 4 nitrogen and oxygen atoms in total. The Kier molecular flexibility index (Phi) is 4.99. The lowest BCUT2D eigenvalue weighted by Gasteiger charge is -2.26. The normalized spacial score (nSPS) is 11.5. The highest BCUT2D eigenvalue weighted by Crippen LogP contribution is 2.09. The van der Waals surface area contributed by atoms with Crippen molar-refractivity contribution in [3.8, 4) is 0 Å². The summed E-state index contributed by atoms with van der Waals surface area (Å²) in [6, 6.07) is 5.87. The van der Waals surface area contributed by atoms with Crippen molar-refractivity contribution in [3.05, 3.63) is 36.3 Å². The lowest BCUT2D eigenvalue weighted by molar-refractivity contribution is -0.131. The van der Waals surface area contributed by atoms with Crippen LogP contribution >= 0.6 is 0 Å². The van der Waals surface area contributed by atoms with Gasteiger partial charge in [-0.25, -0.2) is 4.98 Å². The molecule has 0 saturated heterocycles. The molecule has 2 heterocycles. The molecule has 0 aliphatic carbocycles. The monoisotopic (exact) mass is 287 g/mol. The molecule has 4 heteroatoms. The predicted molar refractivity (Wildman–Crippen MR) is 85.2 cm³/mol. The first-order valence-electron chi connectivity index (χ1n) is 7.66. The first-order chi connectivity index (χ1) is 9.95. The number of hydrogen-bond donors (Lipinski definition) is 0. The van der Waals surface area contributed by atoms with Crippen molar-refractivity contribution in [3.63, 3.8) is 0 Å². The lowest BCUT2D eigenvalue weighted by atomic mass is 10.1. The third-order valence-corrected chi connectivity index (χ3v) is 3.27. The minimum absolute atomic E-state index is 0.167. The van der Waals surface area contributed by atoms with Gasteiger partial charge in [-0.3, -0.25) is 4.79 Å². The molecule has 0 atom stereocenters. The van der Waals surface area contributed by atoms with Gasteiger partial charge in [0.25, 0.3) is 0 Å². The number of carbonyl (C=O) groups is 1. The van der Waals surface area contributed by atoms with Gasteiger partial charge in [0.1, 0.15) is 5.65 Å². The maximum absolute atomic E-state index is 12.5. The number of nitrogens with zero attached hydrogens (tertiary/aromatic N) is 3. The summed E-state index contributed by atoms with van der Waals surface area (Å²) in [5.74, 6) is 1.13. The van der Waals surface area contributed by atoms with Crippen LogP contribution in [0, 0.1) is 11.8 Å². The van der Waals surface area contributed by atoms with Crippen molar-refractivity contribution < 1.29 is 4.79 Å². The van der Waals surface area contributed by atoms with Crippen molar-refractivity contribution in [1.29, 1.82) is 0 Å². The molecule has 0 spiro atoms. The zero-order chi connectivity index (χ0) is 15.4. The van der Waals surface area contributed by atoms with Gasteiger partial charge >= 0.3 is 0 Å². The summed E-state index contributed by atoms with van der Waals surface area (Å²) in [6.45, 7) is 10.2. The average molecular weight is 287 g/mol. The number of aromatic nitrogens is 2. The van der Waals surface area contributed by atoms with Crippen LogP contribution in [0.25, 0.3) is 5.65 Å². The fraction of sp³-hybridized carbons (Fsp3) is 0.529. The second kappa shape index (κ2) is 6.74. The number of imidazole rings is 1. The number of rotatable bonds is 6. The number of hydrogen-bond acceptors (Lipinski definition) is 2. The zero-order valence-electron chi connectivity index (χ0n) is 13.4. The molecular weight excluding hydrogens is 262 g/mol. The molecule has 0 aliphatic rings. The maximum atomic E-state index is 12.5. The second-order valence-electron chi connectivity index (χ2n) is 6.46. The fourth-order valence-corrected chi connectivity index (χ4v) is 2.50. The maximum Gasteiger partial charge on any atom is 0.228 e. The van der Waals surface area contributed by atoms with Crippen LogP contribution in [0.15, 0.2) is 30.6 Å². The Hall–Kier alpha value is -1.84. The van der Waals surface area contributed by atoms with Gasteiger partial charge in [0.2, 0.25) is 5.91 Å². The molecule has 21 heavy (non-hydrogen) atoms. The summed E-state index contributed by atoms with van der Waals surface area (Å²) in [7, 11) is 0. The molecule has 0 aliphatic heterocycles. The van der Waals surface area contributed by atoms with Gasteiger partial charge in [0.15, 0.2) is 0 Å². The molecule has 2 aromatic rings. The molecule has 1 amide bonds. The summed E-state index contributed by atoms with van der Waals surface area (Å²) in [5.41, 5.74) is 1.73. The van der Waals surface area contributed by atoms with Crippen molar-refractivity contribution in [2.75, 3.05) is 13.1 Å². The quantitative estimate of drug-likeness (QED) is 0.819. The Morgan fingerprint density at radius 1 is 1.19 bits per heavy atom. The van der Waals surface area contributed by atoms with Crippen molar-refractivity contribution in [2.24, 2.45) is 11.8 Å². The summed E-state index contributed by atoms with van der Waals surface area (Å²) in [6.07, 6.45) is 4.27. The molecule has 114 valence electrons. The molecular formula is C17H25N3O. The molecule has 0 unspecified atom stereocenters. The highest BCUT2D eigenvalue weighted by atomic mass is 16.2. The van der Waals surface area contributed by atoms with E-state index in [-0.39, 0.29) is 5.91 Å². The van der Waals surface area contributed by atoms with E-state index in [9.17, 15) is 4.79 Å². The Morgan fingerprint density at radius 3 is 2.43 bits per heavy atom. The van der Waals surface area contributed by atoms with Crippen LogP contribution in [0.5, 0.6) is 0 Å². The number of amides is 1. The largest absolute Gasteiger partial charge is 0.342 e. The van der Waals surface area contributed by atoms with Crippen LogP contribution in [0.4, 0.5) is 0 Å². The summed E-state index contributed by atoms with van der Waals surface area (Å²) >= 11 is 0. The van der Waals surface area contributed by atoms with Gasteiger partial charge in [0, 0.05) is 25.5 Å². The Bertz CT molecular complexity index is 558. The fourth-order valence-electron chi connectivity index (χ4n) is 2.50. The topological polar surface area (TPSA) is 37.6 Å². The van der Waals surface area contributed by atoms with Gasteiger partial charge in [-0.05, 0) is 24.0 Å². The molecule has 2 rings (SSSR count). The molecule has 0 N–H and O–H groups in total. The van der Waals surface area contributed by atoms with E-state index in [0.717, 1.165) is 24.4 Å². The summed E-state index contributed by atoms with van der Waals surface area (Å²) < 4.78 is 1.96. The molecule has 0 bridgehead atoms. The lowest BCUT2D eigenvalue weighted by Crippen LogP contribution is -2.38. The zero-order valence-corrected chi connectivity index (χ0v) is 13.4. The van der Waals surface area contributed by atoms with Crippen LogP contribution in [-0.4, -0.2) is 33.3 Å². The van der Waals surface area contributed by atoms with E-state index in [4.69, 9.17) is 0 Å². The van der Waals surface area contributed by atoms with Crippen LogP contribution in [-0.2, 0) is 11.2 Å². The standard InChI is InChI=1S/C17H25N3O/c1-13(2)10-20(11-14(3)4)17(21)9-15-12-19-8-6-5-7-16(19)18-15/h5-8,12-14H,9-11H2,1-4H3. The van der Waals surface area contributed by atoms with Gasteiger partial charge < -0.3 is 9.30 Å². The molecule has 0 radical (unpaired) electrons. The van der Waals surface area contributed by atoms with Crippen LogP contribution in [0.1, 0.15) is 33.4 Å². The smallest absolute Gasteiger partial charge is 0.228 e. The first-order valence-corrected chi connectivity index (χ1v) is 7.66. The summed E-state index contributed by atoms with van der Waals surface area (Å²) in [4.78, 5) is 19.0. The summed E-state index contributed by atoms with van der Waals surface area (Å²) in [5, 5.41) is 0. The van der Waals surface area contributed by atoms with E-state index in [1.165, 1.54) is 0 Å². The average Bonchev–Trinajstić information content (AvgIpc) is 2.78. The van der Waals surface area contributed by atoms with Gasteiger partial charge in [-0.15, -0.1) is 0 Å². The SMILES string of the molecule is CC(C)CN(CC(C)C)C(=O)Cc1cn2ccccc2n1. The van der Waals surface area contributed by atoms with E-state index in [1.807, 2.05) is 39.9 Å². The molecule has 0 aromatic carbocycles. The van der Waals surface area contributed by atoms with E-state index < -0.39 is 0 Å².